The lowest BCUT2D eigenvalue weighted by Gasteiger charge is -2.33. The van der Waals surface area contributed by atoms with Crippen molar-refractivity contribution in [2.24, 2.45) is 17.6 Å². The number of rotatable bonds is 5. The molecule has 0 amide bonds. The second-order valence-electron chi connectivity index (χ2n) is 6.21. The highest BCUT2D eigenvalue weighted by atomic mass is 16.5. The largest absolute Gasteiger partial charge is 0.496 e. The minimum absolute atomic E-state index is 0.531. The van der Waals surface area contributed by atoms with Gasteiger partial charge in [0, 0.05) is 18.7 Å². The van der Waals surface area contributed by atoms with Gasteiger partial charge in [0.1, 0.15) is 5.75 Å². The van der Waals surface area contributed by atoms with E-state index in [-0.39, 0.29) is 0 Å². The zero-order valence-corrected chi connectivity index (χ0v) is 13.1. The van der Waals surface area contributed by atoms with Crippen LogP contribution in [0.2, 0.25) is 0 Å². The molecule has 0 bridgehead atoms. The van der Waals surface area contributed by atoms with Crippen molar-refractivity contribution in [3.63, 3.8) is 0 Å². The van der Waals surface area contributed by atoms with Gasteiger partial charge in [-0.05, 0) is 49.4 Å². The number of piperidine rings is 1. The Morgan fingerprint density at radius 3 is 2.55 bits per heavy atom. The van der Waals surface area contributed by atoms with Gasteiger partial charge in [-0.1, -0.05) is 26.0 Å². The van der Waals surface area contributed by atoms with E-state index in [4.69, 9.17) is 10.5 Å². The summed E-state index contributed by atoms with van der Waals surface area (Å²) in [7, 11) is 1.71. The van der Waals surface area contributed by atoms with Gasteiger partial charge in [0.2, 0.25) is 0 Å². The molecule has 0 aromatic heterocycles. The average molecular weight is 276 g/mol. The Morgan fingerprint density at radius 1 is 1.30 bits per heavy atom. The highest BCUT2D eigenvalue weighted by Gasteiger charge is 2.21. The van der Waals surface area contributed by atoms with E-state index in [1.165, 1.54) is 31.5 Å². The van der Waals surface area contributed by atoms with Crippen LogP contribution in [-0.4, -0.2) is 25.1 Å². The number of hydrogen-bond acceptors (Lipinski definition) is 3. The first-order valence-corrected chi connectivity index (χ1v) is 7.72. The summed E-state index contributed by atoms with van der Waals surface area (Å²) < 4.78 is 5.42. The van der Waals surface area contributed by atoms with Crippen LogP contribution in [0.1, 0.15) is 37.8 Å². The van der Waals surface area contributed by atoms with Gasteiger partial charge in [-0.3, -0.25) is 4.90 Å². The number of methoxy groups -OCH3 is 1. The third-order valence-electron chi connectivity index (χ3n) is 4.55. The maximum absolute atomic E-state index is 5.71. The number of benzene rings is 1. The Kier molecular flexibility index (Phi) is 5.44. The third kappa shape index (κ3) is 3.74. The molecule has 1 aliphatic heterocycles. The molecule has 0 unspecified atom stereocenters. The first-order valence-electron chi connectivity index (χ1n) is 7.72. The van der Waals surface area contributed by atoms with Crippen LogP contribution in [0.4, 0.5) is 0 Å². The SMILES string of the molecule is COc1cc(CN2CCC(C(C)C)CC2)ccc1CN. The molecule has 2 rings (SSSR count). The number of ether oxygens (including phenoxy) is 1. The van der Waals surface area contributed by atoms with Crippen LogP contribution in [0.15, 0.2) is 18.2 Å². The highest BCUT2D eigenvalue weighted by Crippen LogP contribution is 2.26. The van der Waals surface area contributed by atoms with Crippen LogP contribution < -0.4 is 10.5 Å². The van der Waals surface area contributed by atoms with Gasteiger partial charge in [-0.2, -0.15) is 0 Å². The number of nitrogens with two attached hydrogens (primary N) is 1. The van der Waals surface area contributed by atoms with Crippen LogP contribution in [0.25, 0.3) is 0 Å². The average Bonchev–Trinajstić information content (AvgIpc) is 2.47. The molecule has 1 heterocycles. The lowest BCUT2D eigenvalue weighted by molar-refractivity contribution is 0.152. The Labute approximate surface area is 123 Å². The van der Waals surface area contributed by atoms with Gasteiger partial charge < -0.3 is 10.5 Å². The van der Waals surface area contributed by atoms with Crippen LogP contribution in [0.5, 0.6) is 5.75 Å². The molecule has 0 atom stereocenters. The van der Waals surface area contributed by atoms with Crippen molar-refractivity contribution >= 4 is 0 Å². The van der Waals surface area contributed by atoms with Gasteiger partial charge in [0.05, 0.1) is 7.11 Å². The summed E-state index contributed by atoms with van der Waals surface area (Å²) in [6, 6.07) is 6.41. The molecular formula is C17H28N2O. The molecule has 0 aliphatic carbocycles. The number of hydrogen-bond donors (Lipinski definition) is 1. The highest BCUT2D eigenvalue weighted by molar-refractivity contribution is 5.37. The summed E-state index contributed by atoms with van der Waals surface area (Å²) in [5, 5.41) is 0. The fraction of sp³-hybridized carbons (Fsp3) is 0.647. The quantitative estimate of drug-likeness (QED) is 0.898. The Hall–Kier alpha value is -1.06. The zero-order chi connectivity index (χ0) is 14.5. The first-order chi connectivity index (χ1) is 9.63. The van der Waals surface area contributed by atoms with Gasteiger partial charge in [0.15, 0.2) is 0 Å². The molecule has 1 aliphatic rings. The molecule has 1 aromatic carbocycles. The summed E-state index contributed by atoms with van der Waals surface area (Å²) >= 11 is 0. The van der Waals surface area contributed by atoms with Crippen molar-refractivity contribution in [1.82, 2.24) is 4.90 Å². The molecule has 0 spiro atoms. The fourth-order valence-electron chi connectivity index (χ4n) is 3.09. The van der Waals surface area contributed by atoms with Crippen LogP contribution >= 0.6 is 0 Å². The molecule has 20 heavy (non-hydrogen) atoms. The van der Waals surface area contributed by atoms with Gasteiger partial charge in [-0.25, -0.2) is 0 Å². The summed E-state index contributed by atoms with van der Waals surface area (Å²) in [5.41, 5.74) is 8.11. The van der Waals surface area contributed by atoms with Crippen molar-refractivity contribution in [2.75, 3.05) is 20.2 Å². The summed E-state index contributed by atoms with van der Waals surface area (Å²) in [4.78, 5) is 2.55. The molecule has 3 nitrogen and oxygen atoms in total. The van der Waals surface area contributed by atoms with Crippen molar-refractivity contribution in [2.45, 2.75) is 39.8 Å². The predicted octanol–water partition coefficient (Wildman–Crippen LogP) is 3.02. The second kappa shape index (κ2) is 7.09. The molecule has 2 N–H and O–H groups in total. The van der Waals surface area contributed by atoms with Crippen molar-refractivity contribution in [3.05, 3.63) is 29.3 Å². The van der Waals surface area contributed by atoms with Crippen LogP contribution in [0.3, 0.4) is 0 Å². The van der Waals surface area contributed by atoms with E-state index in [1.54, 1.807) is 7.11 Å². The minimum Gasteiger partial charge on any atom is -0.496 e. The minimum atomic E-state index is 0.531. The molecule has 1 aromatic rings. The predicted molar refractivity (Wildman–Crippen MR) is 83.7 cm³/mol. The van der Waals surface area contributed by atoms with Gasteiger partial charge >= 0.3 is 0 Å². The first kappa shape index (κ1) is 15.3. The third-order valence-corrected chi connectivity index (χ3v) is 4.55. The van der Waals surface area contributed by atoms with Crippen molar-refractivity contribution in [3.8, 4) is 5.75 Å². The Balaban J connectivity index is 1.94. The zero-order valence-electron chi connectivity index (χ0n) is 13.1. The maximum atomic E-state index is 5.71. The number of likely N-dealkylation sites (tertiary alicyclic amines) is 1. The number of nitrogens with zero attached hydrogens (tertiary/aromatic N) is 1. The van der Waals surface area contributed by atoms with E-state index in [0.29, 0.717) is 6.54 Å². The lowest BCUT2D eigenvalue weighted by Crippen LogP contribution is -2.34. The second-order valence-corrected chi connectivity index (χ2v) is 6.21. The topological polar surface area (TPSA) is 38.5 Å². The Bertz CT molecular complexity index is 423. The molecule has 0 radical (unpaired) electrons. The van der Waals surface area contributed by atoms with E-state index < -0.39 is 0 Å². The van der Waals surface area contributed by atoms with Gasteiger partial charge in [-0.15, -0.1) is 0 Å². The summed E-state index contributed by atoms with van der Waals surface area (Å²) in [5.74, 6) is 2.64. The van der Waals surface area contributed by atoms with Crippen LogP contribution in [-0.2, 0) is 13.1 Å². The normalized spacial score (nSPS) is 17.6. The van der Waals surface area contributed by atoms with E-state index in [9.17, 15) is 0 Å². The summed E-state index contributed by atoms with van der Waals surface area (Å²) in [6.07, 6.45) is 2.66. The van der Waals surface area contributed by atoms with Crippen LogP contribution in [0, 0.1) is 11.8 Å². The maximum Gasteiger partial charge on any atom is 0.123 e. The molecular weight excluding hydrogens is 248 g/mol. The standard InChI is InChI=1S/C17H28N2O/c1-13(2)15-6-8-19(9-7-15)12-14-4-5-16(11-18)17(10-14)20-3/h4-5,10,13,15H,6-9,11-12,18H2,1-3H3. The van der Waals surface area contributed by atoms with Crippen molar-refractivity contribution < 1.29 is 4.74 Å². The van der Waals surface area contributed by atoms with E-state index in [2.05, 4.69) is 36.9 Å². The lowest BCUT2D eigenvalue weighted by atomic mass is 9.86. The van der Waals surface area contributed by atoms with E-state index >= 15 is 0 Å². The van der Waals surface area contributed by atoms with Crippen molar-refractivity contribution in [1.29, 1.82) is 0 Å². The van der Waals surface area contributed by atoms with E-state index in [0.717, 1.165) is 29.7 Å². The molecule has 3 heteroatoms. The molecule has 1 saturated heterocycles. The molecule has 0 saturated carbocycles. The molecule has 112 valence electrons. The summed E-state index contributed by atoms with van der Waals surface area (Å²) in [6.45, 7) is 8.66. The smallest absolute Gasteiger partial charge is 0.123 e. The van der Waals surface area contributed by atoms with E-state index in [1.807, 2.05) is 0 Å². The van der Waals surface area contributed by atoms with Gasteiger partial charge in [0.25, 0.3) is 0 Å². The fourth-order valence-corrected chi connectivity index (χ4v) is 3.09. The monoisotopic (exact) mass is 276 g/mol. The molecule has 1 fully saturated rings. The Morgan fingerprint density at radius 2 is 2.00 bits per heavy atom.